The van der Waals surface area contributed by atoms with E-state index in [1.165, 1.54) is 0 Å². The molecule has 0 amide bonds. The van der Waals surface area contributed by atoms with E-state index < -0.39 is 11.2 Å². The Kier molecular flexibility index (Phi) is 3.23. The Morgan fingerprint density at radius 3 is 2.36 bits per heavy atom. The number of rotatable bonds is 1. The van der Waals surface area contributed by atoms with Crippen LogP contribution in [0.1, 0.15) is 6.42 Å². The first-order valence-electron chi connectivity index (χ1n) is 3.95. The molecule has 2 rings (SSSR count). The zero-order chi connectivity index (χ0) is 9.42. The van der Waals surface area contributed by atoms with Gasteiger partial charge >= 0.3 is 5.69 Å². The van der Waals surface area contributed by atoms with Gasteiger partial charge in [0.1, 0.15) is 10.8 Å². The van der Waals surface area contributed by atoms with Crippen molar-refractivity contribution in [2.45, 2.75) is 6.42 Å². The number of hydrogen-bond acceptors (Lipinski definition) is 3. The van der Waals surface area contributed by atoms with Crippen molar-refractivity contribution < 1.29 is 0 Å². The Morgan fingerprint density at radius 2 is 1.86 bits per heavy atom. The molecule has 0 aromatic carbocycles. The summed E-state index contributed by atoms with van der Waals surface area (Å²) in [5.74, 6) is 0.432. The topological polar surface area (TPSA) is 69.0 Å². The van der Waals surface area contributed by atoms with Crippen molar-refractivity contribution in [1.82, 2.24) is 9.97 Å². The number of hydrogen-bond donors (Lipinski definition) is 2. The molecular weight excluding hydrogens is 229 g/mol. The van der Waals surface area contributed by atoms with Crippen molar-refractivity contribution >= 4 is 29.8 Å². The van der Waals surface area contributed by atoms with Crippen molar-refractivity contribution in [1.29, 1.82) is 0 Å². The van der Waals surface area contributed by atoms with Crippen molar-refractivity contribution in [3.8, 4) is 0 Å². The summed E-state index contributed by atoms with van der Waals surface area (Å²) < 4.78 is 0. The van der Waals surface area contributed by atoms with Crippen LogP contribution < -0.4 is 16.1 Å². The first-order chi connectivity index (χ1) is 6.18. The third-order valence-corrected chi connectivity index (χ3v) is 2.39. The molecule has 1 fully saturated rings. The quantitative estimate of drug-likeness (QED) is 0.741. The average Bonchev–Trinajstić information content (AvgIpc) is 1.95. The second-order valence-corrected chi connectivity index (χ2v) is 3.29. The number of aromatic amines is 2. The smallest absolute Gasteiger partial charge is 0.327 e. The Bertz CT molecular complexity index is 435. The summed E-state index contributed by atoms with van der Waals surface area (Å²) in [6, 6.07) is 0. The Balaban J connectivity index is 0.000000980. The molecule has 78 valence electrons. The number of nitrogens with one attached hydrogen (secondary N) is 2. The highest BCUT2D eigenvalue weighted by Gasteiger charge is 2.19. The predicted octanol–water partition coefficient (Wildman–Crippen LogP) is 0.348. The SMILES string of the molecule is Cl.O=c1[nH]c(N2CCC2)c(Cl)c(=O)[nH]1. The Labute approximate surface area is 90.5 Å². The molecule has 5 nitrogen and oxygen atoms in total. The molecular formula is C7H9Cl2N3O2. The zero-order valence-corrected chi connectivity index (χ0v) is 8.74. The van der Waals surface area contributed by atoms with Crippen LogP contribution in [0.2, 0.25) is 5.02 Å². The van der Waals surface area contributed by atoms with Gasteiger partial charge < -0.3 is 4.90 Å². The molecule has 0 atom stereocenters. The van der Waals surface area contributed by atoms with Crippen molar-refractivity contribution in [2.75, 3.05) is 18.0 Å². The molecule has 2 heterocycles. The fourth-order valence-electron chi connectivity index (χ4n) is 1.22. The van der Waals surface area contributed by atoms with Gasteiger partial charge in [0, 0.05) is 13.1 Å². The summed E-state index contributed by atoms with van der Waals surface area (Å²) in [5, 5.41) is 0.0549. The van der Waals surface area contributed by atoms with E-state index in [1.54, 1.807) is 0 Å². The van der Waals surface area contributed by atoms with Crippen molar-refractivity contribution in [3.05, 3.63) is 25.9 Å². The van der Waals surface area contributed by atoms with Gasteiger partial charge in [-0.05, 0) is 6.42 Å². The molecule has 1 aromatic rings. The first-order valence-corrected chi connectivity index (χ1v) is 4.33. The molecule has 1 aliphatic heterocycles. The third kappa shape index (κ3) is 1.78. The monoisotopic (exact) mass is 237 g/mol. The summed E-state index contributed by atoms with van der Waals surface area (Å²) in [6.45, 7) is 1.66. The standard InChI is InChI=1S/C7H8ClN3O2.ClH/c8-4-5(11-2-1-3-11)9-7(13)10-6(4)12;/h1-3H2,(H2,9,10,12,13);1H. The van der Waals surface area contributed by atoms with Crippen LogP contribution in [0.15, 0.2) is 9.59 Å². The number of aromatic nitrogens is 2. The van der Waals surface area contributed by atoms with Crippen LogP contribution in [0.5, 0.6) is 0 Å². The van der Waals surface area contributed by atoms with Gasteiger partial charge in [0.2, 0.25) is 0 Å². The number of halogens is 2. The van der Waals surface area contributed by atoms with Crippen LogP contribution in [-0.2, 0) is 0 Å². The molecule has 14 heavy (non-hydrogen) atoms. The summed E-state index contributed by atoms with van der Waals surface area (Å²) in [7, 11) is 0. The molecule has 0 bridgehead atoms. The van der Waals surface area contributed by atoms with Crippen molar-refractivity contribution in [2.24, 2.45) is 0 Å². The molecule has 2 N–H and O–H groups in total. The lowest BCUT2D eigenvalue weighted by Gasteiger charge is -2.32. The Hall–Kier alpha value is -0.940. The highest BCUT2D eigenvalue weighted by Crippen LogP contribution is 2.21. The minimum Gasteiger partial charge on any atom is -0.357 e. The second kappa shape index (κ2) is 4.06. The van der Waals surface area contributed by atoms with Gasteiger partial charge in [-0.15, -0.1) is 12.4 Å². The summed E-state index contributed by atoms with van der Waals surface area (Å²) in [5.41, 5.74) is -1.05. The van der Waals surface area contributed by atoms with E-state index in [1.807, 2.05) is 4.90 Å². The lowest BCUT2D eigenvalue weighted by atomic mass is 10.2. The molecule has 0 radical (unpaired) electrons. The van der Waals surface area contributed by atoms with Gasteiger partial charge in [0.25, 0.3) is 5.56 Å². The van der Waals surface area contributed by atoms with Crippen LogP contribution in [0.25, 0.3) is 0 Å². The highest BCUT2D eigenvalue weighted by atomic mass is 35.5. The fraction of sp³-hybridized carbons (Fsp3) is 0.429. The summed E-state index contributed by atoms with van der Waals surface area (Å²) in [6.07, 6.45) is 1.06. The van der Waals surface area contributed by atoms with Crippen LogP contribution >= 0.6 is 24.0 Å². The second-order valence-electron chi connectivity index (χ2n) is 2.91. The van der Waals surface area contributed by atoms with Crippen LogP contribution in [0.4, 0.5) is 5.82 Å². The van der Waals surface area contributed by atoms with E-state index in [-0.39, 0.29) is 17.4 Å². The van der Waals surface area contributed by atoms with E-state index in [0.29, 0.717) is 5.82 Å². The maximum Gasteiger partial charge on any atom is 0.327 e. The largest absolute Gasteiger partial charge is 0.357 e. The van der Waals surface area contributed by atoms with E-state index in [9.17, 15) is 9.59 Å². The predicted molar refractivity (Wildman–Crippen MR) is 56.8 cm³/mol. The van der Waals surface area contributed by atoms with Crippen LogP contribution in [0.3, 0.4) is 0 Å². The van der Waals surface area contributed by atoms with Gasteiger partial charge in [-0.3, -0.25) is 14.8 Å². The van der Waals surface area contributed by atoms with Gasteiger partial charge in [0.15, 0.2) is 0 Å². The molecule has 0 saturated carbocycles. The van der Waals surface area contributed by atoms with Gasteiger partial charge in [-0.25, -0.2) is 4.79 Å². The van der Waals surface area contributed by atoms with Gasteiger partial charge in [-0.2, -0.15) is 0 Å². The van der Waals surface area contributed by atoms with E-state index in [0.717, 1.165) is 19.5 Å². The summed E-state index contributed by atoms with van der Waals surface area (Å²) >= 11 is 5.72. The maximum atomic E-state index is 11.1. The molecule has 1 aliphatic rings. The van der Waals surface area contributed by atoms with Crippen LogP contribution in [-0.4, -0.2) is 23.1 Å². The zero-order valence-electron chi connectivity index (χ0n) is 7.17. The minimum atomic E-state index is -0.535. The number of H-pyrrole nitrogens is 2. The average molecular weight is 238 g/mol. The lowest BCUT2D eigenvalue weighted by Crippen LogP contribution is -2.40. The van der Waals surface area contributed by atoms with Gasteiger partial charge in [0.05, 0.1) is 0 Å². The maximum absolute atomic E-state index is 11.1. The number of nitrogens with zero attached hydrogens (tertiary/aromatic N) is 1. The van der Waals surface area contributed by atoms with Crippen molar-refractivity contribution in [3.63, 3.8) is 0 Å². The van der Waals surface area contributed by atoms with E-state index >= 15 is 0 Å². The minimum absolute atomic E-state index is 0. The normalized spacial score (nSPS) is 14.5. The molecule has 0 aliphatic carbocycles. The van der Waals surface area contributed by atoms with Gasteiger partial charge in [-0.1, -0.05) is 11.6 Å². The Morgan fingerprint density at radius 1 is 1.21 bits per heavy atom. The molecule has 1 aromatic heterocycles. The molecule has 0 spiro atoms. The number of anilines is 1. The molecule has 1 saturated heterocycles. The third-order valence-electron chi connectivity index (χ3n) is 2.04. The molecule has 7 heteroatoms. The summed E-state index contributed by atoms with van der Waals surface area (Å²) in [4.78, 5) is 28.4. The molecule has 0 unspecified atom stereocenters. The van der Waals surface area contributed by atoms with E-state index in [4.69, 9.17) is 11.6 Å². The highest BCUT2D eigenvalue weighted by molar-refractivity contribution is 6.32. The lowest BCUT2D eigenvalue weighted by molar-refractivity contribution is 0.607. The van der Waals surface area contributed by atoms with E-state index in [2.05, 4.69) is 9.97 Å². The first kappa shape index (κ1) is 11.1. The fourth-order valence-corrected chi connectivity index (χ4v) is 1.43. The van der Waals surface area contributed by atoms with Crippen LogP contribution in [0, 0.1) is 0 Å².